The van der Waals surface area contributed by atoms with Gasteiger partial charge in [-0.25, -0.2) is 9.97 Å². The molecule has 1 aliphatic rings. The molecule has 0 bridgehead atoms. The molecule has 8 nitrogen and oxygen atoms in total. The number of para-hydroxylation sites is 1. The van der Waals surface area contributed by atoms with Crippen LogP contribution in [0.15, 0.2) is 46.9 Å². The van der Waals surface area contributed by atoms with Gasteiger partial charge in [-0.3, -0.25) is 9.59 Å². The van der Waals surface area contributed by atoms with Crippen molar-refractivity contribution < 1.29 is 18.7 Å². The second-order valence-electron chi connectivity index (χ2n) is 7.76. The Morgan fingerprint density at radius 3 is 2.47 bits per heavy atom. The Kier molecular flexibility index (Phi) is 5.07. The fourth-order valence-corrected chi connectivity index (χ4v) is 3.79. The Balaban J connectivity index is 1.51. The summed E-state index contributed by atoms with van der Waals surface area (Å²) in [7, 11) is 0. The zero-order valence-corrected chi connectivity index (χ0v) is 17.8. The summed E-state index contributed by atoms with van der Waals surface area (Å²) in [6.07, 6.45) is 0. The van der Waals surface area contributed by atoms with Gasteiger partial charge in [0.05, 0.1) is 35.6 Å². The van der Waals surface area contributed by atoms with E-state index in [0.29, 0.717) is 54.0 Å². The molecule has 0 atom stereocenters. The Morgan fingerprint density at radius 1 is 0.969 bits per heavy atom. The van der Waals surface area contributed by atoms with Crippen molar-refractivity contribution in [1.82, 2.24) is 14.9 Å². The third-order valence-electron chi connectivity index (χ3n) is 5.66. The summed E-state index contributed by atoms with van der Waals surface area (Å²) in [6, 6.07) is 12.4. The molecule has 162 valence electrons. The van der Waals surface area contributed by atoms with Gasteiger partial charge in [0.15, 0.2) is 0 Å². The summed E-state index contributed by atoms with van der Waals surface area (Å²) in [5, 5.41) is 3.57. The highest BCUT2D eigenvalue weighted by molar-refractivity contribution is 6.14. The maximum absolute atomic E-state index is 13.2. The van der Waals surface area contributed by atoms with Crippen LogP contribution in [0, 0.1) is 13.8 Å². The molecule has 2 aromatic carbocycles. The van der Waals surface area contributed by atoms with Crippen molar-refractivity contribution in [2.45, 2.75) is 13.8 Å². The van der Waals surface area contributed by atoms with Crippen molar-refractivity contribution in [2.75, 3.05) is 31.6 Å². The van der Waals surface area contributed by atoms with E-state index in [1.165, 1.54) is 0 Å². The monoisotopic (exact) mass is 430 g/mol. The normalized spacial score (nSPS) is 14.1. The lowest BCUT2D eigenvalue weighted by atomic mass is 10.1. The first-order valence-electron chi connectivity index (χ1n) is 10.5. The predicted molar refractivity (Wildman–Crippen MR) is 120 cm³/mol. The smallest absolute Gasteiger partial charge is 0.291 e. The molecule has 1 N–H and O–H groups in total. The molecular formula is C24H22N4O4. The average molecular weight is 430 g/mol. The predicted octanol–water partition coefficient (Wildman–Crippen LogP) is 3.72. The molecule has 2 amide bonds. The molecule has 0 radical (unpaired) electrons. The second kappa shape index (κ2) is 8.05. The van der Waals surface area contributed by atoms with E-state index in [1.54, 1.807) is 29.2 Å². The summed E-state index contributed by atoms with van der Waals surface area (Å²) in [6.45, 7) is 5.70. The van der Waals surface area contributed by atoms with Crippen LogP contribution in [0.1, 0.15) is 32.3 Å². The molecule has 1 aliphatic heterocycles. The molecule has 5 rings (SSSR count). The number of nitrogens with zero attached hydrogens (tertiary/aromatic N) is 3. The van der Waals surface area contributed by atoms with Crippen molar-refractivity contribution in [3.05, 3.63) is 65.2 Å². The van der Waals surface area contributed by atoms with Gasteiger partial charge in [-0.2, -0.15) is 0 Å². The summed E-state index contributed by atoms with van der Waals surface area (Å²) in [5.74, 6) is -0.502. The Morgan fingerprint density at radius 2 is 1.69 bits per heavy atom. The highest BCUT2D eigenvalue weighted by Crippen LogP contribution is 2.32. The summed E-state index contributed by atoms with van der Waals surface area (Å²) in [5.41, 5.74) is 4.36. The minimum atomic E-state index is -0.352. The molecule has 3 heterocycles. The summed E-state index contributed by atoms with van der Waals surface area (Å²) < 4.78 is 11.2. The van der Waals surface area contributed by atoms with E-state index in [-0.39, 0.29) is 17.6 Å². The second-order valence-corrected chi connectivity index (χ2v) is 7.76. The number of aromatic nitrogens is 2. The topological polar surface area (TPSA) is 97.6 Å². The van der Waals surface area contributed by atoms with E-state index in [1.807, 2.05) is 32.0 Å². The fraction of sp³-hybridized carbons (Fsp3) is 0.250. The van der Waals surface area contributed by atoms with Gasteiger partial charge >= 0.3 is 0 Å². The molecule has 0 unspecified atom stereocenters. The number of benzene rings is 2. The van der Waals surface area contributed by atoms with E-state index in [4.69, 9.17) is 9.15 Å². The Hall–Kier alpha value is -3.78. The van der Waals surface area contributed by atoms with Crippen LogP contribution in [-0.2, 0) is 4.74 Å². The number of carbonyl (C=O) groups is 2. The number of ether oxygens (including phenoxy) is 1. The van der Waals surface area contributed by atoms with Crippen LogP contribution in [0.25, 0.3) is 22.0 Å². The average Bonchev–Trinajstić information content (AvgIpc) is 3.18. The number of amides is 2. The van der Waals surface area contributed by atoms with Gasteiger partial charge in [0.25, 0.3) is 11.8 Å². The van der Waals surface area contributed by atoms with Crippen molar-refractivity contribution >= 4 is 39.5 Å². The van der Waals surface area contributed by atoms with Gasteiger partial charge in [0.1, 0.15) is 11.3 Å². The number of anilines is 1. The number of aryl methyl sites for hydroxylation is 2. The van der Waals surface area contributed by atoms with E-state index in [2.05, 4.69) is 15.3 Å². The quantitative estimate of drug-likeness (QED) is 0.532. The number of hydrogen-bond donors (Lipinski definition) is 1. The largest absolute Gasteiger partial charge is 0.449 e. The molecule has 4 aromatic rings. The molecule has 32 heavy (non-hydrogen) atoms. The van der Waals surface area contributed by atoms with E-state index in [9.17, 15) is 9.59 Å². The van der Waals surface area contributed by atoms with Gasteiger partial charge in [0, 0.05) is 24.0 Å². The number of rotatable bonds is 3. The van der Waals surface area contributed by atoms with E-state index >= 15 is 0 Å². The lowest BCUT2D eigenvalue weighted by Gasteiger charge is -2.26. The highest BCUT2D eigenvalue weighted by atomic mass is 16.5. The van der Waals surface area contributed by atoms with E-state index < -0.39 is 0 Å². The van der Waals surface area contributed by atoms with Crippen LogP contribution in [0.3, 0.4) is 0 Å². The number of morpholine rings is 1. The lowest BCUT2D eigenvalue weighted by molar-refractivity contribution is 0.0285. The summed E-state index contributed by atoms with van der Waals surface area (Å²) >= 11 is 0. The number of furan rings is 1. The molecule has 8 heteroatoms. The Labute approximate surface area is 184 Å². The maximum Gasteiger partial charge on any atom is 0.291 e. The minimum Gasteiger partial charge on any atom is -0.449 e. The molecule has 0 saturated carbocycles. The zero-order valence-electron chi connectivity index (χ0n) is 17.8. The number of hydrogen-bond acceptors (Lipinski definition) is 6. The lowest BCUT2D eigenvalue weighted by Crippen LogP contribution is -2.40. The molecule has 1 saturated heterocycles. The first-order valence-corrected chi connectivity index (χ1v) is 10.5. The van der Waals surface area contributed by atoms with Crippen LogP contribution in [-0.4, -0.2) is 53.0 Å². The van der Waals surface area contributed by atoms with Crippen LogP contribution < -0.4 is 5.32 Å². The van der Waals surface area contributed by atoms with Crippen molar-refractivity contribution in [1.29, 1.82) is 0 Å². The molecule has 0 spiro atoms. The van der Waals surface area contributed by atoms with Gasteiger partial charge in [0.2, 0.25) is 5.76 Å². The molecule has 2 aromatic heterocycles. The van der Waals surface area contributed by atoms with Crippen LogP contribution >= 0.6 is 0 Å². The first kappa shape index (κ1) is 20.1. The van der Waals surface area contributed by atoms with E-state index in [0.717, 1.165) is 16.9 Å². The van der Waals surface area contributed by atoms with Gasteiger partial charge in [-0.05, 0) is 44.2 Å². The number of fused-ring (bicyclic) bond motifs is 2. The minimum absolute atomic E-state index is 0.119. The Bertz CT molecular complexity index is 1360. The fourth-order valence-electron chi connectivity index (χ4n) is 3.79. The third-order valence-corrected chi connectivity index (χ3v) is 5.66. The first-order chi connectivity index (χ1) is 15.5. The van der Waals surface area contributed by atoms with Crippen molar-refractivity contribution in [3.63, 3.8) is 0 Å². The number of carbonyl (C=O) groups excluding carboxylic acids is 2. The third kappa shape index (κ3) is 3.58. The maximum atomic E-state index is 13.2. The molecular weight excluding hydrogens is 408 g/mol. The van der Waals surface area contributed by atoms with Crippen molar-refractivity contribution in [3.8, 4) is 0 Å². The van der Waals surface area contributed by atoms with Crippen LogP contribution in [0.2, 0.25) is 0 Å². The zero-order chi connectivity index (χ0) is 22.2. The molecule has 1 fully saturated rings. The van der Waals surface area contributed by atoms with Crippen LogP contribution in [0.5, 0.6) is 0 Å². The van der Waals surface area contributed by atoms with Crippen molar-refractivity contribution in [2.24, 2.45) is 0 Å². The SMILES string of the molecule is Cc1nc2ccc(C(=O)Nc3c(C(=O)N4CCOCC4)oc4ccccc34)cc2nc1C. The van der Waals surface area contributed by atoms with Crippen LogP contribution in [0.4, 0.5) is 5.69 Å². The van der Waals surface area contributed by atoms with Gasteiger partial charge in [-0.15, -0.1) is 0 Å². The van der Waals surface area contributed by atoms with Gasteiger partial charge < -0.3 is 19.4 Å². The van der Waals surface area contributed by atoms with Gasteiger partial charge in [-0.1, -0.05) is 12.1 Å². The summed E-state index contributed by atoms with van der Waals surface area (Å²) in [4.78, 5) is 37.0. The number of nitrogens with one attached hydrogen (secondary N) is 1. The molecule has 0 aliphatic carbocycles. The standard InChI is InChI=1S/C24H22N4O4/c1-14-15(2)26-19-13-16(7-8-18(19)25-14)23(29)27-21-17-5-3-4-6-20(17)32-22(21)24(30)28-9-11-31-12-10-28/h3-8,13H,9-12H2,1-2H3,(H,27,29). The highest BCUT2D eigenvalue weighted by Gasteiger charge is 2.27.